The molecule has 2 fully saturated rings. The third-order valence-corrected chi connectivity index (χ3v) is 4.81. The fraction of sp³-hybridized carbons (Fsp3) is 0.600. The van der Waals surface area contributed by atoms with Crippen LogP contribution in [0.3, 0.4) is 0 Å². The minimum absolute atomic E-state index is 0.279. The summed E-state index contributed by atoms with van der Waals surface area (Å²) in [5, 5.41) is 0. The number of ketones is 1. The summed E-state index contributed by atoms with van der Waals surface area (Å²) in [6, 6.07) is 3.29. The number of piperidine rings is 1. The second-order valence-corrected chi connectivity index (χ2v) is 5.98. The first kappa shape index (κ1) is 14.5. The Bertz CT molecular complexity index is 544. The number of Topliss-reactive ketones (excluding diaryl/α,β-unsaturated/α-hetero) is 1. The van der Waals surface area contributed by atoms with E-state index in [1.54, 1.807) is 0 Å². The molecule has 114 valence electrons. The van der Waals surface area contributed by atoms with Gasteiger partial charge in [-0.05, 0) is 44.9 Å². The molecule has 2 bridgehead atoms. The van der Waals surface area contributed by atoms with E-state index in [1.807, 2.05) is 7.05 Å². The Morgan fingerprint density at radius 3 is 2.48 bits per heavy atom. The molecule has 0 aromatic carbocycles. The van der Waals surface area contributed by atoms with Crippen molar-refractivity contribution in [3.63, 3.8) is 0 Å². The zero-order valence-corrected chi connectivity index (χ0v) is 11.7. The van der Waals surface area contributed by atoms with Crippen molar-refractivity contribution < 1.29 is 18.0 Å². The predicted molar refractivity (Wildman–Crippen MR) is 70.9 cm³/mol. The normalized spacial score (nSPS) is 29.6. The van der Waals surface area contributed by atoms with Crippen molar-refractivity contribution in [2.75, 3.05) is 7.05 Å². The highest BCUT2D eigenvalue weighted by Crippen LogP contribution is 2.40. The molecule has 2 unspecified atom stereocenters. The van der Waals surface area contributed by atoms with E-state index in [1.165, 1.54) is 12.1 Å². The van der Waals surface area contributed by atoms with Gasteiger partial charge in [-0.1, -0.05) is 0 Å². The molecule has 0 N–H and O–H groups in total. The monoisotopic (exact) mass is 298 g/mol. The van der Waals surface area contributed by atoms with E-state index in [4.69, 9.17) is 0 Å². The van der Waals surface area contributed by atoms with Crippen LogP contribution in [0.15, 0.2) is 18.3 Å². The predicted octanol–water partition coefficient (Wildman–Crippen LogP) is 3.16. The number of hydrogen-bond acceptors (Lipinski definition) is 3. The Hall–Kier alpha value is -1.43. The van der Waals surface area contributed by atoms with Crippen LogP contribution in [0.4, 0.5) is 13.2 Å². The summed E-state index contributed by atoms with van der Waals surface area (Å²) in [7, 11) is 2.04. The highest BCUT2D eigenvalue weighted by molar-refractivity contribution is 5.99. The third kappa shape index (κ3) is 2.57. The van der Waals surface area contributed by atoms with Crippen LogP contribution in [0.1, 0.15) is 41.7 Å². The SMILES string of the molecule is CN1C2CCC1CC(C(=O)c1cccnc1C(F)(F)F)C2. The van der Waals surface area contributed by atoms with Gasteiger partial charge in [0.05, 0.1) is 0 Å². The van der Waals surface area contributed by atoms with Crippen LogP contribution >= 0.6 is 0 Å². The highest BCUT2D eigenvalue weighted by Gasteiger charge is 2.43. The molecule has 0 aliphatic carbocycles. The Kier molecular flexibility index (Phi) is 3.51. The van der Waals surface area contributed by atoms with E-state index in [2.05, 4.69) is 9.88 Å². The number of fused-ring (bicyclic) bond motifs is 2. The molecule has 1 aromatic rings. The average molecular weight is 298 g/mol. The number of nitrogens with zero attached hydrogens (tertiary/aromatic N) is 2. The molecule has 0 saturated carbocycles. The quantitative estimate of drug-likeness (QED) is 0.786. The van der Waals surface area contributed by atoms with Crippen molar-refractivity contribution in [1.82, 2.24) is 9.88 Å². The number of carbonyl (C=O) groups excluding carboxylic acids is 1. The minimum Gasteiger partial charge on any atom is -0.300 e. The summed E-state index contributed by atoms with van der Waals surface area (Å²) in [6.07, 6.45) is -0.140. The topological polar surface area (TPSA) is 33.2 Å². The van der Waals surface area contributed by atoms with Gasteiger partial charge in [-0.3, -0.25) is 9.78 Å². The van der Waals surface area contributed by atoms with Crippen molar-refractivity contribution in [2.24, 2.45) is 5.92 Å². The second kappa shape index (κ2) is 5.09. The fourth-order valence-electron chi connectivity index (χ4n) is 3.68. The molecule has 2 saturated heterocycles. The number of pyridine rings is 1. The van der Waals surface area contributed by atoms with Gasteiger partial charge >= 0.3 is 6.18 Å². The van der Waals surface area contributed by atoms with Crippen LogP contribution in [0.5, 0.6) is 0 Å². The molecule has 2 aliphatic rings. The number of alkyl halides is 3. The van der Waals surface area contributed by atoms with E-state index in [0.29, 0.717) is 24.9 Å². The lowest BCUT2D eigenvalue weighted by Gasteiger charge is -2.35. The third-order valence-electron chi connectivity index (χ3n) is 4.81. The van der Waals surface area contributed by atoms with E-state index >= 15 is 0 Å². The maximum atomic E-state index is 13.0. The highest BCUT2D eigenvalue weighted by atomic mass is 19.4. The molecule has 6 heteroatoms. The molecule has 1 aromatic heterocycles. The first-order valence-electron chi connectivity index (χ1n) is 7.16. The maximum Gasteiger partial charge on any atom is 0.434 e. The van der Waals surface area contributed by atoms with Crippen molar-refractivity contribution in [1.29, 1.82) is 0 Å². The molecule has 2 atom stereocenters. The van der Waals surface area contributed by atoms with E-state index in [9.17, 15) is 18.0 Å². The van der Waals surface area contributed by atoms with Gasteiger partial charge in [0.25, 0.3) is 0 Å². The fourth-order valence-corrected chi connectivity index (χ4v) is 3.68. The van der Waals surface area contributed by atoms with Crippen LogP contribution in [0.25, 0.3) is 0 Å². The zero-order chi connectivity index (χ0) is 15.2. The lowest BCUT2D eigenvalue weighted by atomic mass is 9.84. The molecule has 0 spiro atoms. The molecule has 3 rings (SSSR count). The molecular formula is C15H17F3N2O. The van der Waals surface area contributed by atoms with Crippen LogP contribution in [-0.4, -0.2) is 34.8 Å². The smallest absolute Gasteiger partial charge is 0.300 e. The van der Waals surface area contributed by atoms with Crippen molar-refractivity contribution in [2.45, 2.75) is 43.9 Å². The number of hydrogen-bond donors (Lipinski definition) is 0. The van der Waals surface area contributed by atoms with Crippen LogP contribution in [0, 0.1) is 5.92 Å². The molecule has 3 heterocycles. The molecule has 2 aliphatic heterocycles. The van der Waals surface area contributed by atoms with Gasteiger partial charge in [-0.15, -0.1) is 0 Å². The van der Waals surface area contributed by atoms with Gasteiger partial charge in [-0.2, -0.15) is 13.2 Å². The van der Waals surface area contributed by atoms with E-state index < -0.39 is 17.7 Å². The Morgan fingerprint density at radius 1 is 1.29 bits per heavy atom. The average Bonchev–Trinajstić information content (AvgIpc) is 2.66. The van der Waals surface area contributed by atoms with Crippen molar-refractivity contribution >= 4 is 5.78 Å². The summed E-state index contributed by atoms with van der Waals surface area (Å²) >= 11 is 0. The molecular weight excluding hydrogens is 281 g/mol. The summed E-state index contributed by atoms with van der Waals surface area (Å²) in [4.78, 5) is 18.2. The van der Waals surface area contributed by atoms with Gasteiger partial charge in [0.15, 0.2) is 11.5 Å². The molecule has 21 heavy (non-hydrogen) atoms. The Morgan fingerprint density at radius 2 is 1.90 bits per heavy atom. The standard InChI is InChI=1S/C15H17F3N2O/c1-20-10-4-5-11(20)8-9(7-10)13(21)12-3-2-6-19-14(12)15(16,17)18/h2-3,6,9-11H,4-5,7-8H2,1H3. The number of aromatic nitrogens is 1. The summed E-state index contributed by atoms with van der Waals surface area (Å²) in [6.45, 7) is 0. The minimum atomic E-state index is -4.59. The first-order valence-corrected chi connectivity index (χ1v) is 7.16. The number of rotatable bonds is 2. The Labute approximate surface area is 121 Å². The van der Waals surface area contributed by atoms with Crippen LogP contribution < -0.4 is 0 Å². The zero-order valence-electron chi connectivity index (χ0n) is 11.7. The van der Waals surface area contributed by atoms with Gasteiger partial charge in [-0.25, -0.2) is 0 Å². The summed E-state index contributed by atoms with van der Waals surface area (Å²) in [5.74, 6) is -0.718. The molecule has 0 radical (unpaired) electrons. The van der Waals surface area contributed by atoms with Gasteiger partial charge in [0.2, 0.25) is 0 Å². The lowest BCUT2D eigenvalue weighted by Crippen LogP contribution is -2.42. The van der Waals surface area contributed by atoms with E-state index in [-0.39, 0.29) is 11.5 Å². The summed E-state index contributed by atoms with van der Waals surface area (Å²) in [5.41, 5.74) is -1.33. The molecule has 0 amide bonds. The van der Waals surface area contributed by atoms with Crippen molar-refractivity contribution in [3.05, 3.63) is 29.6 Å². The largest absolute Gasteiger partial charge is 0.434 e. The van der Waals surface area contributed by atoms with Crippen LogP contribution in [0.2, 0.25) is 0 Å². The van der Waals surface area contributed by atoms with Gasteiger partial charge < -0.3 is 4.90 Å². The second-order valence-electron chi connectivity index (χ2n) is 5.98. The maximum absolute atomic E-state index is 13.0. The number of halogens is 3. The summed E-state index contributed by atoms with van der Waals surface area (Å²) < 4.78 is 38.9. The van der Waals surface area contributed by atoms with Crippen molar-refractivity contribution in [3.8, 4) is 0 Å². The Balaban J connectivity index is 1.87. The van der Waals surface area contributed by atoms with Gasteiger partial charge in [0, 0.05) is 29.8 Å². The lowest BCUT2D eigenvalue weighted by molar-refractivity contribution is -0.141. The van der Waals surface area contributed by atoms with Crippen LogP contribution in [-0.2, 0) is 6.18 Å². The number of carbonyl (C=O) groups is 1. The van der Waals surface area contributed by atoms with Gasteiger partial charge in [0.1, 0.15) is 0 Å². The molecule has 3 nitrogen and oxygen atoms in total. The first-order chi connectivity index (χ1) is 9.88. The van der Waals surface area contributed by atoms with E-state index in [0.717, 1.165) is 19.0 Å².